The zero-order valence-corrected chi connectivity index (χ0v) is 8.66. The minimum absolute atomic E-state index is 0.180. The summed E-state index contributed by atoms with van der Waals surface area (Å²) >= 11 is 0. The number of hydrogen-bond acceptors (Lipinski definition) is 4. The van der Waals surface area contributed by atoms with E-state index in [1.807, 2.05) is 0 Å². The molecule has 1 aliphatic rings. The van der Waals surface area contributed by atoms with Crippen LogP contribution in [0.2, 0.25) is 0 Å². The summed E-state index contributed by atoms with van der Waals surface area (Å²) < 4.78 is 4.96. The fourth-order valence-corrected chi connectivity index (χ4v) is 1.88. The van der Waals surface area contributed by atoms with Crippen molar-refractivity contribution in [2.24, 2.45) is 5.73 Å². The van der Waals surface area contributed by atoms with E-state index < -0.39 is 0 Å². The number of methoxy groups -OCH3 is 1. The zero-order chi connectivity index (χ0) is 11.1. The highest BCUT2D eigenvalue weighted by atomic mass is 16.5. The molecule has 0 bridgehead atoms. The van der Waals surface area contributed by atoms with Crippen molar-refractivity contribution in [3.63, 3.8) is 0 Å². The maximum Gasteiger partial charge on any atom is 0.200 e. The van der Waals surface area contributed by atoms with E-state index >= 15 is 0 Å². The van der Waals surface area contributed by atoms with E-state index in [0.717, 1.165) is 24.8 Å². The number of ether oxygens (including phenoxy) is 1. The fraction of sp³-hybridized carbons (Fsp3) is 0.455. The molecule has 4 N–H and O–H groups in total. The van der Waals surface area contributed by atoms with E-state index in [2.05, 4.69) is 0 Å². The van der Waals surface area contributed by atoms with Gasteiger partial charge in [-0.2, -0.15) is 0 Å². The molecule has 1 saturated carbocycles. The van der Waals surface area contributed by atoms with Gasteiger partial charge in [-0.25, -0.2) is 0 Å². The monoisotopic (exact) mass is 209 g/mol. The van der Waals surface area contributed by atoms with Gasteiger partial charge < -0.3 is 20.7 Å². The standard InChI is InChI=1S/C11H15NO3/c1-15-9-6-7(5-8(13)10(9)14)11(12)3-2-4-11/h5-6,13-14H,2-4,12H2,1H3. The van der Waals surface area contributed by atoms with E-state index in [0.29, 0.717) is 0 Å². The highest BCUT2D eigenvalue weighted by Gasteiger charge is 2.35. The number of phenols is 2. The Hall–Kier alpha value is -1.42. The van der Waals surface area contributed by atoms with Crippen molar-refractivity contribution in [1.29, 1.82) is 0 Å². The third kappa shape index (κ3) is 1.51. The first-order chi connectivity index (χ1) is 7.07. The summed E-state index contributed by atoms with van der Waals surface area (Å²) in [6.45, 7) is 0. The van der Waals surface area contributed by atoms with Crippen molar-refractivity contribution in [3.8, 4) is 17.2 Å². The van der Waals surface area contributed by atoms with Crippen LogP contribution in [0.4, 0.5) is 0 Å². The second-order valence-electron chi connectivity index (χ2n) is 4.06. The smallest absolute Gasteiger partial charge is 0.200 e. The number of rotatable bonds is 2. The van der Waals surface area contributed by atoms with Gasteiger partial charge in [-0.1, -0.05) is 0 Å². The lowest BCUT2D eigenvalue weighted by Crippen LogP contribution is -2.43. The number of nitrogens with two attached hydrogens (primary N) is 1. The van der Waals surface area contributed by atoms with Crippen molar-refractivity contribution >= 4 is 0 Å². The molecule has 1 fully saturated rings. The summed E-state index contributed by atoms with van der Waals surface area (Å²) in [6.07, 6.45) is 2.90. The molecule has 0 spiro atoms. The minimum atomic E-state index is -0.363. The first-order valence-corrected chi connectivity index (χ1v) is 4.96. The quantitative estimate of drug-likeness (QED) is 0.644. The Balaban J connectivity index is 2.45. The van der Waals surface area contributed by atoms with E-state index in [1.165, 1.54) is 13.2 Å². The van der Waals surface area contributed by atoms with E-state index in [9.17, 15) is 10.2 Å². The Kier molecular flexibility index (Phi) is 2.23. The first kappa shape index (κ1) is 10.1. The van der Waals surface area contributed by atoms with E-state index in [4.69, 9.17) is 10.5 Å². The third-order valence-electron chi connectivity index (χ3n) is 3.10. The highest BCUT2D eigenvalue weighted by Crippen LogP contribution is 2.44. The molecule has 0 aliphatic heterocycles. The first-order valence-electron chi connectivity index (χ1n) is 4.96. The molecule has 0 saturated heterocycles. The molecule has 4 heteroatoms. The predicted molar refractivity (Wildman–Crippen MR) is 56.0 cm³/mol. The van der Waals surface area contributed by atoms with Crippen LogP contribution < -0.4 is 10.5 Å². The van der Waals surface area contributed by atoms with Gasteiger partial charge in [0, 0.05) is 5.54 Å². The van der Waals surface area contributed by atoms with Gasteiger partial charge in [0.05, 0.1) is 7.11 Å². The molecule has 4 nitrogen and oxygen atoms in total. The fourth-order valence-electron chi connectivity index (χ4n) is 1.88. The summed E-state index contributed by atoms with van der Waals surface area (Å²) in [5, 5.41) is 19.0. The molecule has 0 heterocycles. The van der Waals surface area contributed by atoms with Crippen LogP contribution in [0, 0.1) is 0 Å². The minimum Gasteiger partial charge on any atom is -0.504 e. The van der Waals surface area contributed by atoms with Crippen LogP contribution in [0.3, 0.4) is 0 Å². The van der Waals surface area contributed by atoms with Gasteiger partial charge in [-0.3, -0.25) is 0 Å². The van der Waals surface area contributed by atoms with Gasteiger partial charge in [0.1, 0.15) is 0 Å². The number of hydrogen-bond donors (Lipinski definition) is 3. The normalized spacial score (nSPS) is 18.3. The van der Waals surface area contributed by atoms with Gasteiger partial charge in [0.15, 0.2) is 11.5 Å². The lowest BCUT2D eigenvalue weighted by atomic mass is 9.72. The van der Waals surface area contributed by atoms with Crippen molar-refractivity contribution in [1.82, 2.24) is 0 Å². The van der Waals surface area contributed by atoms with Gasteiger partial charge in [-0.15, -0.1) is 0 Å². The summed E-state index contributed by atoms with van der Waals surface area (Å²) in [7, 11) is 1.45. The summed E-state index contributed by atoms with van der Waals surface area (Å²) in [5.74, 6) is -0.146. The Morgan fingerprint density at radius 1 is 1.33 bits per heavy atom. The van der Waals surface area contributed by atoms with Crippen LogP contribution in [0.15, 0.2) is 12.1 Å². The number of aromatic hydroxyl groups is 2. The van der Waals surface area contributed by atoms with Crippen LogP contribution in [0.5, 0.6) is 17.2 Å². The molecule has 15 heavy (non-hydrogen) atoms. The maximum atomic E-state index is 9.51. The average molecular weight is 209 g/mol. The molecule has 1 aliphatic carbocycles. The predicted octanol–water partition coefficient (Wildman–Crippen LogP) is 1.44. The second kappa shape index (κ2) is 3.31. The molecule has 82 valence electrons. The van der Waals surface area contributed by atoms with Gasteiger partial charge in [-0.05, 0) is 37.0 Å². The lowest BCUT2D eigenvalue weighted by Gasteiger charge is -2.38. The lowest BCUT2D eigenvalue weighted by molar-refractivity contribution is 0.250. The Morgan fingerprint density at radius 2 is 2.00 bits per heavy atom. The number of benzene rings is 1. The second-order valence-corrected chi connectivity index (χ2v) is 4.06. The topological polar surface area (TPSA) is 75.7 Å². The molecule has 0 radical (unpaired) electrons. The SMILES string of the molecule is COc1cc(C2(N)CCC2)cc(O)c1O. The van der Waals surface area contributed by atoms with Crippen molar-refractivity contribution < 1.29 is 14.9 Å². The van der Waals surface area contributed by atoms with Crippen LogP contribution in [-0.4, -0.2) is 17.3 Å². The molecular formula is C11H15NO3. The van der Waals surface area contributed by atoms with Gasteiger partial charge in [0.25, 0.3) is 0 Å². The van der Waals surface area contributed by atoms with E-state index in [-0.39, 0.29) is 22.8 Å². The summed E-state index contributed by atoms with van der Waals surface area (Å²) in [6, 6.07) is 3.20. The average Bonchev–Trinajstić information content (AvgIpc) is 2.18. The zero-order valence-electron chi connectivity index (χ0n) is 8.66. The van der Waals surface area contributed by atoms with Crippen molar-refractivity contribution in [2.75, 3.05) is 7.11 Å². The molecule has 0 amide bonds. The summed E-state index contributed by atoms with van der Waals surface area (Å²) in [4.78, 5) is 0. The van der Waals surface area contributed by atoms with Crippen molar-refractivity contribution in [2.45, 2.75) is 24.8 Å². The molecule has 1 aromatic rings. The molecule has 2 rings (SSSR count). The van der Waals surface area contributed by atoms with Gasteiger partial charge in [0.2, 0.25) is 5.75 Å². The molecule has 1 aromatic carbocycles. The summed E-state index contributed by atoms with van der Waals surface area (Å²) in [5.41, 5.74) is 6.58. The van der Waals surface area contributed by atoms with Crippen LogP contribution >= 0.6 is 0 Å². The van der Waals surface area contributed by atoms with Crippen LogP contribution in [0.1, 0.15) is 24.8 Å². The largest absolute Gasteiger partial charge is 0.504 e. The Morgan fingerprint density at radius 3 is 2.47 bits per heavy atom. The molecular weight excluding hydrogens is 194 g/mol. The molecule has 0 aromatic heterocycles. The van der Waals surface area contributed by atoms with Gasteiger partial charge >= 0.3 is 0 Å². The van der Waals surface area contributed by atoms with Crippen LogP contribution in [0.25, 0.3) is 0 Å². The van der Waals surface area contributed by atoms with Crippen molar-refractivity contribution in [3.05, 3.63) is 17.7 Å². The molecule has 0 atom stereocenters. The number of phenolic OH excluding ortho intramolecular Hbond substituents is 2. The van der Waals surface area contributed by atoms with E-state index in [1.54, 1.807) is 6.07 Å². The van der Waals surface area contributed by atoms with Crippen LogP contribution in [-0.2, 0) is 5.54 Å². The molecule has 0 unspecified atom stereocenters. The maximum absolute atomic E-state index is 9.51. The highest BCUT2D eigenvalue weighted by molar-refractivity contribution is 5.53. The third-order valence-corrected chi connectivity index (χ3v) is 3.10. The Bertz CT molecular complexity index is 386. The Labute approximate surface area is 88.3 Å².